The molecule has 1 aromatic rings. The number of unbranched alkanes of at least 4 members (excludes halogenated alkanes) is 4. The van der Waals surface area contributed by atoms with Crippen molar-refractivity contribution in [1.82, 2.24) is 0 Å². The minimum Gasteiger partial charge on any atom is -0.490 e. The van der Waals surface area contributed by atoms with Gasteiger partial charge in [0.05, 0.1) is 16.8 Å². The molecule has 0 amide bonds. The van der Waals surface area contributed by atoms with Crippen molar-refractivity contribution >= 4 is 21.6 Å². The van der Waals surface area contributed by atoms with E-state index in [-0.39, 0.29) is 0 Å². The minimum atomic E-state index is 0.731. The van der Waals surface area contributed by atoms with Crippen molar-refractivity contribution in [3.05, 3.63) is 22.2 Å². The molecule has 0 aliphatic carbocycles. The molecule has 102 valence electrons. The second-order valence-corrected chi connectivity index (χ2v) is 5.47. The molecule has 3 heteroatoms. The van der Waals surface area contributed by atoms with Gasteiger partial charge in [0, 0.05) is 0 Å². The predicted octanol–water partition coefficient (Wildman–Crippen LogP) is 4.94. The third-order valence-electron chi connectivity index (χ3n) is 3.03. The third-order valence-corrected chi connectivity index (χ3v) is 3.62. The average molecular weight is 314 g/mol. The van der Waals surface area contributed by atoms with Gasteiger partial charge in [-0.2, -0.15) is 0 Å². The summed E-state index contributed by atoms with van der Waals surface area (Å²) < 4.78 is 6.74. The van der Waals surface area contributed by atoms with Crippen LogP contribution in [0.25, 0.3) is 0 Å². The molecule has 0 unspecified atom stereocenters. The lowest BCUT2D eigenvalue weighted by Gasteiger charge is -2.12. The van der Waals surface area contributed by atoms with Crippen LogP contribution < -0.4 is 10.5 Å². The number of benzene rings is 1. The predicted molar refractivity (Wildman–Crippen MR) is 82.2 cm³/mol. The fourth-order valence-electron chi connectivity index (χ4n) is 1.91. The zero-order chi connectivity index (χ0) is 13.4. The molecule has 0 bridgehead atoms. The summed E-state index contributed by atoms with van der Waals surface area (Å²) in [6, 6.07) is 4.08. The molecule has 1 rings (SSSR count). The van der Waals surface area contributed by atoms with E-state index in [1.54, 1.807) is 0 Å². The first-order valence-electron chi connectivity index (χ1n) is 6.89. The Bertz CT molecular complexity index is 343. The van der Waals surface area contributed by atoms with Gasteiger partial charge >= 0.3 is 0 Å². The summed E-state index contributed by atoms with van der Waals surface area (Å²) in [7, 11) is 0. The molecule has 0 radical (unpaired) electrons. The van der Waals surface area contributed by atoms with E-state index in [1.807, 2.05) is 6.07 Å². The van der Waals surface area contributed by atoms with Crippen LogP contribution in [0.1, 0.15) is 51.5 Å². The molecule has 0 aromatic heterocycles. The molecule has 0 aliphatic rings. The fraction of sp³-hybridized carbons (Fsp3) is 0.600. The zero-order valence-electron chi connectivity index (χ0n) is 11.5. The highest BCUT2D eigenvalue weighted by atomic mass is 79.9. The maximum Gasteiger partial charge on any atom is 0.156 e. The second-order valence-electron chi connectivity index (χ2n) is 4.61. The summed E-state index contributed by atoms with van der Waals surface area (Å²) in [5, 5.41) is 0. The van der Waals surface area contributed by atoms with Gasteiger partial charge in [0.25, 0.3) is 0 Å². The van der Waals surface area contributed by atoms with Gasteiger partial charge in [0.15, 0.2) is 5.75 Å². The largest absolute Gasteiger partial charge is 0.490 e. The number of hydrogen-bond donors (Lipinski definition) is 1. The zero-order valence-corrected chi connectivity index (χ0v) is 13.1. The van der Waals surface area contributed by atoms with Crippen LogP contribution in [0.3, 0.4) is 0 Å². The van der Waals surface area contributed by atoms with Gasteiger partial charge in [0.1, 0.15) is 0 Å². The van der Waals surface area contributed by atoms with Crippen molar-refractivity contribution in [2.24, 2.45) is 0 Å². The van der Waals surface area contributed by atoms with Gasteiger partial charge in [-0.05, 0) is 46.5 Å². The van der Waals surface area contributed by atoms with E-state index >= 15 is 0 Å². The first-order chi connectivity index (χ1) is 8.69. The molecule has 0 saturated heterocycles. The van der Waals surface area contributed by atoms with E-state index in [0.29, 0.717) is 0 Å². The summed E-state index contributed by atoms with van der Waals surface area (Å²) in [4.78, 5) is 0. The van der Waals surface area contributed by atoms with Crippen LogP contribution in [0.4, 0.5) is 5.69 Å². The summed E-state index contributed by atoms with van der Waals surface area (Å²) >= 11 is 3.53. The quantitative estimate of drug-likeness (QED) is 0.545. The molecule has 1 aromatic carbocycles. The molecule has 0 aliphatic heterocycles. The highest BCUT2D eigenvalue weighted by Crippen LogP contribution is 2.33. The van der Waals surface area contributed by atoms with Crippen molar-refractivity contribution in [2.75, 3.05) is 12.3 Å². The lowest BCUT2D eigenvalue weighted by Crippen LogP contribution is -2.02. The molecule has 18 heavy (non-hydrogen) atoms. The first-order valence-corrected chi connectivity index (χ1v) is 7.69. The standard InChI is InChI=1S/C15H24BrNO/c1-3-5-6-7-8-9-18-15-13(16)10-12(4-2)11-14(15)17/h10-11H,3-9,17H2,1-2H3. The van der Waals surface area contributed by atoms with Crippen molar-refractivity contribution in [1.29, 1.82) is 0 Å². The molecule has 0 saturated carbocycles. The number of rotatable bonds is 8. The van der Waals surface area contributed by atoms with Gasteiger partial charge in [-0.1, -0.05) is 39.5 Å². The lowest BCUT2D eigenvalue weighted by atomic mass is 10.1. The van der Waals surface area contributed by atoms with Crippen molar-refractivity contribution in [3.8, 4) is 5.75 Å². The molecule has 0 atom stereocenters. The van der Waals surface area contributed by atoms with Crippen molar-refractivity contribution < 1.29 is 4.74 Å². The normalized spacial score (nSPS) is 10.6. The summed E-state index contributed by atoms with van der Waals surface area (Å²) in [5.41, 5.74) is 7.97. The molecule has 0 fully saturated rings. The van der Waals surface area contributed by atoms with Crippen LogP contribution in [0, 0.1) is 0 Å². The molecular formula is C15H24BrNO. The van der Waals surface area contributed by atoms with E-state index in [0.717, 1.165) is 35.4 Å². The number of ether oxygens (including phenoxy) is 1. The highest BCUT2D eigenvalue weighted by Gasteiger charge is 2.07. The number of halogens is 1. The molecule has 2 N–H and O–H groups in total. The summed E-state index contributed by atoms with van der Waals surface area (Å²) in [6.45, 7) is 5.09. The minimum absolute atomic E-state index is 0.731. The molecule has 2 nitrogen and oxygen atoms in total. The van der Waals surface area contributed by atoms with Gasteiger partial charge in [-0.25, -0.2) is 0 Å². The van der Waals surface area contributed by atoms with Crippen molar-refractivity contribution in [3.63, 3.8) is 0 Å². The maximum atomic E-state index is 6.01. The van der Waals surface area contributed by atoms with Crippen LogP contribution in [0.2, 0.25) is 0 Å². The van der Waals surface area contributed by atoms with Gasteiger partial charge < -0.3 is 10.5 Å². The number of nitrogen functional groups attached to an aromatic ring is 1. The molecule has 0 heterocycles. The van der Waals surface area contributed by atoms with Crippen LogP contribution >= 0.6 is 15.9 Å². The Balaban J connectivity index is 2.42. The Hall–Kier alpha value is -0.700. The van der Waals surface area contributed by atoms with E-state index in [1.165, 1.54) is 31.2 Å². The SMILES string of the molecule is CCCCCCCOc1c(N)cc(CC)cc1Br. The Morgan fingerprint density at radius 3 is 2.44 bits per heavy atom. The number of aryl methyl sites for hydroxylation is 1. The topological polar surface area (TPSA) is 35.2 Å². The van der Waals surface area contributed by atoms with E-state index in [9.17, 15) is 0 Å². The van der Waals surface area contributed by atoms with Gasteiger partial charge in [-0.3, -0.25) is 0 Å². The molecule has 0 spiro atoms. The van der Waals surface area contributed by atoms with Crippen LogP contribution in [0.15, 0.2) is 16.6 Å². The van der Waals surface area contributed by atoms with Crippen LogP contribution in [-0.2, 0) is 6.42 Å². The Labute approximate surface area is 119 Å². The van der Waals surface area contributed by atoms with Crippen LogP contribution in [-0.4, -0.2) is 6.61 Å². The smallest absolute Gasteiger partial charge is 0.156 e. The summed E-state index contributed by atoms with van der Waals surface area (Å²) in [5.74, 6) is 0.794. The van der Waals surface area contributed by atoms with Crippen LogP contribution in [0.5, 0.6) is 5.75 Å². The van der Waals surface area contributed by atoms with Gasteiger partial charge in [-0.15, -0.1) is 0 Å². The third kappa shape index (κ3) is 4.89. The maximum absolute atomic E-state index is 6.01. The Kier molecular flexibility index (Phi) is 7.18. The lowest BCUT2D eigenvalue weighted by molar-refractivity contribution is 0.304. The number of anilines is 1. The Morgan fingerprint density at radius 2 is 1.83 bits per heavy atom. The fourth-order valence-corrected chi connectivity index (χ4v) is 2.55. The summed E-state index contributed by atoms with van der Waals surface area (Å²) in [6.07, 6.45) is 7.21. The number of hydrogen-bond acceptors (Lipinski definition) is 2. The molecular weight excluding hydrogens is 290 g/mol. The monoisotopic (exact) mass is 313 g/mol. The van der Waals surface area contributed by atoms with E-state index in [2.05, 4.69) is 35.8 Å². The number of nitrogens with two attached hydrogens (primary N) is 1. The average Bonchev–Trinajstić information content (AvgIpc) is 2.35. The van der Waals surface area contributed by atoms with Crippen molar-refractivity contribution in [2.45, 2.75) is 52.4 Å². The van der Waals surface area contributed by atoms with E-state index < -0.39 is 0 Å². The first kappa shape index (κ1) is 15.4. The second kappa shape index (κ2) is 8.41. The van der Waals surface area contributed by atoms with E-state index in [4.69, 9.17) is 10.5 Å². The highest BCUT2D eigenvalue weighted by molar-refractivity contribution is 9.10. The Morgan fingerprint density at radius 1 is 1.11 bits per heavy atom. The van der Waals surface area contributed by atoms with Gasteiger partial charge in [0.2, 0.25) is 0 Å².